The highest BCUT2D eigenvalue weighted by Gasteiger charge is 2.19. The van der Waals surface area contributed by atoms with Crippen LogP contribution < -0.4 is 16.2 Å². The predicted molar refractivity (Wildman–Crippen MR) is 48.0 cm³/mol. The number of nitrogens with zero attached hydrogens (tertiary/aromatic N) is 1. The molecule has 0 aliphatic heterocycles. The standard InChI is InChI=1S/C8H11F2N3O/c1-14-5-3-13-4(2-11)6(7(5)12)8(9)10/h3,8H,2,11H2,1H3,(H2,12,13). The maximum Gasteiger partial charge on any atom is 0.267 e. The average Bonchev–Trinajstić information content (AvgIpc) is 2.16. The van der Waals surface area contributed by atoms with Gasteiger partial charge in [-0.3, -0.25) is 4.98 Å². The van der Waals surface area contributed by atoms with E-state index in [0.29, 0.717) is 0 Å². The van der Waals surface area contributed by atoms with Crippen LogP contribution in [0.4, 0.5) is 14.5 Å². The molecule has 0 amide bonds. The zero-order valence-corrected chi connectivity index (χ0v) is 7.63. The van der Waals surface area contributed by atoms with E-state index < -0.39 is 6.43 Å². The van der Waals surface area contributed by atoms with Crippen molar-refractivity contribution in [2.45, 2.75) is 13.0 Å². The number of ether oxygens (including phenoxy) is 1. The van der Waals surface area contributed by atoms with Crippen LogP contribution in [0.5, 0.6) is 5.75 Å². The monoisotopic (exact) mass is 203 g/mol. The van der Waals surface area contributed by atoms with E-state index in [2.05, 4.69) is 4.98 Å². The second kappa shape index (κ2) is 4.19. The van der Waals surface area contributed by atoms with Gasteiger partial charge >= 0.3 is 0 Å². The smallest absolute Gasteiger partial charge is 0.267 e. The number of halogens is 2. The number of hydrogen-bond acceptors (Lipinski definition) is 4. The Balaban J connectivity index is 3.31. The molecule has 1 aromatic rings. The number of alkyl halides is 2. The lowest BCUT2D eigenvalue weighted by atomic mass is 10.1. The molecule has 1 rings (SSSR count). The molecule has 0 fully saturated rings. The van der Waals surface area contributed by atoms with Crippen molar-refractivity contribution in [3.63, 3.8) is 0 Å². The Morgan fingerprint density at radius 3 is 2.64 bits per heavy atom. The average molecular weight is 203 g/mol. The van der Waals surface area contributed by atoms with Gasteiger partial charge in [0.2, 0.25) is 0 Å². The molecule has 0 aliphatic rings. The van der Waals surface area contributed by atoms with Gasteiger partial charge in [0.1, 0.15) is 0 Å². The molecule has 0 atom stereocenters. The van der Waals surface area contributed by atoms with Crippen LogP contribution in [-0.4, -0.2) is 12.1 Å². The molecule has 0 saturated carbocycles. The first kappa shape index (κ1) is 10.6. The number of rotatable bonds is 3. The number of methoxy groups -OCH3 is 1. The van der Waals surface area contributed by atoms with Gasteiger partial charge in [-0.1, -0.05) is 0 Å². The molecule has 0 spiro atoms. The molecule has 4 nitrogen and oxygen atoms in total. The Labute approximate surface area is 79.9 Å². The Bertz CT molecular complexity index is 331. The van der Waals surface area contributed by atoms with Crippen LogP contribution in [0.1, 0.15) is 17.7 Å². The molecular weight excluding hydrogens is 192 g/mol. The summed E-state index contributed by atoms with van der Waals surface area (Å²) in [5, 5.41) is 0. The fourth-order valence-electron chi connectivity index (χ4n) is 1.13. The van der Waals surface area contributed by atoms with Gasteiger partial charge in [0.25, 0.3) is 6.43 Å². The highest BCUT2D eigenvalue weighted by molar-refractivity contribution is 5.59. The van der Waals surface area contributed by atoms with Crippen LogP contribution in [-0.2, 0) is 6.54 Å². The van der Waals surface area contributed by atoms with Crippen molar-refractivity contribution < 1.29 is 13.5 Å². The third-order valence-electron chi connectivity index (χ3n) is 1.84. The molecule has 0 aromatic carbocycles. The second-order valence-corrected chi connectivity index (χ2v) is 2.61. The van der Waals surface area contributed by atoms with E-state index in [4.69, 9.17) is 16.2 Å². The summed E-state index contributed by atoms with van der Waals surface area (Å²) >= 11 is 0. The number of hydrogen-bond donors (Lipinski definition) is 2. The first-order valence-corrected chi connectivity index (χ1v) is 3.91. The summed E-state index contributed by atoms with van der Waals surface area (Å²) in [7, 11) is 1.34. The molecule has 0 bridgehead atoms. The molecule has 1 heterocycles. The molecule has 0 unspecified atom stereocenters. The lowest BCUT2D eigenvalue weighted by Gasteiger charge is -2.12. The van der Waals surface area contributed by atoms with Gasteiger partial charge in [0, 0.05) is 6.54 Å². The normalized spacial score (nSPS) is 10.6. The molecule has 6 heteroatoms. The van der Waals surface area contributed by atoms with Crippen LogP contribution in [0.25, 0.3) is 0 Å². The lowest BCUT2D eigenvalue weighted by Crippen LogP contribution is -2.09. The van der Waals surface area contributed by atoms with E-state index >= 15 is 0 Å². The fourth-order valence-corrected chi connectivity index (χ4v) is 1.13. The van der Waals surface area contributed by atoms with Gasteiger partial charge in [-0.15, -0.1) is 0 Å². The maximum atomic E-state index is 12.6. The number of aromatic nitrogens is 1. The van der Waals surface area contributed by atoms with Crippen molar-refractivity contribution in [2.75, 3.05) is 12.8 Å². The highest BCUT2D eigenvalue weighted by atomic mass is 19.3. The highest BCUT2D eigenvalue weighted by Crippen LogP contribution is 2.33. The van der Waals surface area contributed by atoms with Crippen molar-refractivity contribution in [3.8, 4) is 5.75 Å². The molecule has 0 aliphatic carbocycles. The molecule has 4 N–H and O–H groups in total. The number of anilines is 1. The summed E-state index contributed by atoms with van der Waals surface area (Å²) in [5.74, 6) is 0.137. The molecule has 14 heavy (non-hydrogen) atoms. The third kappa shape index (κ3) is 1.74. The molecule has 0 radical (unpaired) electrons. The quantitative estimate of drug-likeness (QED) is 0.770. The maximum absolute atomic E-state index is 12.6. The summed E-state index contributed by atoms with van der Waals surface area (Å²) in [5.41, 5.74) is 10.4. The van der Waals surface area contributed by atoms with E-state index in [-0.39, 0.29) is 29.2 Å². The summed E-state index contributed by atoms with van der Waals surface area (Å²) in [4.78, 5) is 3.74. The van der Waals surface area contributed by atoms with Gasteiger partial charge in [0.15, 0.2) is 5.75 Å². The Kier molecular flexibility index (Phi) is 3.19. The van der Waals surface area contributed by atoms with Gasteiger partial charge in [-0.05, 0) is 0 Å². The molecule has 1 aromatic heterocycles. The topological polar surface area (TPSA) is 74.2 Å². The summed E-state index contributed by atoms with van der Waals surface area (Å²) < 4.78 is 29.9. The Morgan fingerprint density at radius 1 is 1.57 bits per heavy atom. The first-order chi connectivity index (χ1) is 6.61. The van der Waals surface area contributed by atoms with E-state index in [1.807, 2.05) is 0 Å². The number of pyridine rings is 1. The van der Waals surface area contributed by atoms with Gasteiger partial charge < -0.3 is 16.2 Å². The van der Waals surface area contributed by atoms with Gasteiger partial charge in [0.05, 0.1) is 30.3 Å². The largest absolute Gasteiger partial charge is 0.493 e. The Morgan fingerprint density at radius 2 is 2.21 bits per heavy atom. The van der Waals surface area contributed by atoms with Crippen LogP contribution in [0, 0.1) is 0 Å². The first-order valence-electron chi connectivity index (χ1n) is 3.91. The summed E-state index contributed by atoms with van der Waals surface area (Å²) in [6, 6.07) is 0. The number of nitrogen functional groups attached to an aromatic ring is 1. The predicted octanol–water partition coefficient (Wildman–Crippen LogP) is 1.07. The minimum absolute atomic E-state index is 0.0755. The molecule has 78 valence electrons. The van der Waals surface area contributed by atoms with Crippen LogP contribution in [0.2, 0.25) is 0 Å². The van der Waals surface area contributed by atoms with Crippen molar-refractivity contribution in [3.05, 3.63) is 17.5 Å². The van der Waals surface area contributed by atoms with Crippen molar-refractivity contribution >= 4 is 5.69 Å². The minimum atomic E-state index is -2.70. The van der Waals surface area contributed by atoms with E-state index in [9.17, 15) is 8.78 Å². The van der Waals surface area contributed by atoms with Crippen molar-refractivity contribution in [2.24, 2.45) is 5.73 Å². The summed E-state index contributed by atoms with van der Waals surface area (Å²) in [6.45, 7) is -0.0755. The van der Waals surface area contributed by atoms with Crippen LogP contribution in [0.15, 0.2) is 6.20 Å². The zero-order valence-electron chi connectivity index (χ0n) is 7.63. The molecular formula is C8H11F2N3O. The van der Waals surface area contributed by atoms with Gasteiger partial charge in [-0.25, -0.2) is 8.78 Å². The second-order valence-electron chi connectivity index (χ2n) is 2.61. The van der Waals surface area contributed by atoms with E-state index in [0.717, 1.165) is 0 Å². The van der Waals surface area contributed by atoms with Crippen molar-refractivity contribution in [1.29, 1.82) is 0 Å². The number of nitrogens with two attached hydrogens (primary N) is 2. The fraction of sp³-hybridized carbons (Fsp3) is 0.375. The third-order valence-corrected chi connectivity index (χ3v) is 1.84. The summed E-state index contributed by atoms with van der Waals surface area (Å²) in [6.07, 6.45) is -1.42. The van der Waals surface area contributed by atoms with E-state index in [1.165, 1.54) is 13.3 Å². The van der Waals surface area contributed by atoms with Crippen LogP contribution >= 0.6 is 0 Å². The minimum Gasteiger partial charge on any atom is -0.493 e. The van der Waals surface area contributed by atoms with Crippen molar-refractivity contribution in [1.82, 2.24) is 4.98 Å². The lowest BCUT2D eigenvalue weighted by molar-refractivity contribution is 0.150. The zero-order chi connectivity index (χ0) is 10.7. The van der Waals surface area contributed by atoms with Crippen LogP contribution in [0.3, 0.4) is 0 Å². The van der Waals surface area contributed by atoms with E-state index in [1.54, 1.807) is 0 Å². The SMILES string of the molecule is COc1cnc(CN)c(C(F)F)c1N. The van der Waals surface area contributed by atoms with Gasteiger partial charge in [-0.2, -0.15) is 0 Å². The molecule has 0 saturated heterocycles. The Hall–Kier alpha value is -1.43.